The van der Waals surface area contributed by atoms with Gasteiger partial charge in [-0.1, -0.05) is 38.5 Å². The number of ether oxygens (including phenoxy) is 2. The van der Waals surface area contributed by atoms with Gasteiger partial charge < -0.3 is 19.9 Å². The summed E-state index contributed by atoms with van der Waals surface area (Å²) in [7, 11) is -9.80. The van der Waals surface area contributed by atoms with Crippen molar-refractivity contribution in [3.8, 4) is 0 Å². The maximum Gasteiger partial charge on any atom is 0.310 e. The van der Waals surface area contributed by atoms with Crippen LogP contribution in [0.1, 0.15) is 41.8 Å². The third kappa shape index (κ3) is 5.84. The molecule has 0 amide bonds. The number of carboxylic acid groups (broad SMARTS) is 1. The molecule has 1 atom stereocenters. The van der Waals surface area contributed by atoms with Gasteiger partial charge in [0.1, 0.15) is 16.5 Å². The van der Waals surface area contributed by atoms with Crippen LogP contribution >= 0.6 is 10.2 Å². The molecule has 2 heterocycles. The number of rotatable bonds is 8. The maximum atomic E-state index is 13.2. The molecular formula is C19H22F5N3O4S. The molecule has 7 nitrogen and oxygen atoms in total. The molecule has 2 aromatic rings. The van der Waals surface area contributed by atoms with Crippen molar-refractivity contribution in [3.05, 3.63) is 46.9 Å². The predicted octanol–water partition coefficient (Wildman–Crippen LogP) is 5.33. The minimum Gasteiger partial charge on any atom is -0.481 e. The number of carbonyl (C=O) groups is 1. The van der Waals surface area contributed by atoms with Crippen molar-refractivity contribution in [1.82, 2.24) is 9.97 Å². The summed E-state index contributed by atoms with van der Waals surface area (Å²) in [5.74, 6) is -1.28. The zero-order chi connectivity index (χ0) is 23.8. The highest BCUT2D eigenvalue weighted by Gasteiger charge is 2.65. The summed E-state index contributed by atoms with van der Waals surface area (Å²) < 4.78 is 76.7. The summed E-state index contributed by atoms with van der Waals surface area (Å²) in [4.78, 5) is 17.7. The zero-order valence-electron chi connectivity index (χ0n) is 17.2. The first-order valence-electron chi connectivity index (χ1n) is 9.54. The maximum absolute atomic E-state index is 13.2. The van der Waals surface area contributed by atoms with E-state index in [1.807, 2.05) is 0 Å². The van der Waals surface area contributed by atoms with Gasteiger partial charge in [-0.2, -0.15) is 0 Å². The number of hydrogen-bond donors (Lipinski definition) is 2. The van der Waals surface area contributed by atoms with Crippen LogP contribution < -0.4 is 5.32 Å². The highest BCUT2D eigenvalue weighted by Crippen LogP contribution is 3.02. The molecule has 0 aliphatic carbocycles. The van der Waals surface area contributed by atoms with E-state index in [4.69, 9.17) is 9.47 Å². The van der Waals surface area contributed by atoms with Crippen LogP contribution in [0.3, 0.4) is 0 Å². The second kappa shape index (κ2) is 7.81. The Morgan fingerprint density at radius 3 is 2.47 bits per heavy atom. The molecule has 1 aromatic carbocycles. The summed E-state index contributed by atoms with van der Waals surface area (Å²) in [6.07, 6.45) is -1.32. The number of nitrogens with one attached hydrogen (secondary N) is 1. The lowest BCUT2D eigenvalue weighted by Gasteiger charge is -2.40. The summed E-state index contributed by atoms with van der Waals surface area (Å²) in [5.41, 5.74) is 0.508. The third-order valence-corrected chi connectivity index (χ3v) is 5.91. The molecule has 0 radical (unpaired) electrons. The molecule has 13 heteroatoms. The lowest BCUT2D eigenvalue weighted by molar-refractivity contribution is -0.136. The van der Waals surface area contributed by atoms with Gasteiger partial charge in [0.25, 0.3) is 0 Å². The Morgan fingerprint density at radius 2 is 1.88 bits per heavy atom. The molecule has 0 unspecified atom stereocenters. The molecule has 1 saturated heterocycles. The molecule has 2 N–H and O–H groups in total. The van der Waals surface area contributed by atoms with Gasteiger partial charge in [0.05, 0.1) is 30.9 Å². The summed E-state index contributed by atoms with van der Waals surface area (Å²) in [6.45, 7) is 3.70. The van der Waals surface area contributed by atoms with E-state index in [1.54, 1.807) is 13.8 Å². The van der Waals surface area contributed by atoms with Gasteiger partial charge in [-0.3, -0.25) is 4.79 Å². The monoisotopic (exact) mass is 483 g/mol. The van der Waals surface area contributed by atoms with E-state index in [-0.39, 0.29) is 48.2 Å². The van der Waals surface area contributed by atoms with E-state index in [0.717, 1.165) is 6.07 Å². The molecule has 0 bridgehead atoms. The average molecular weight is 483 g/mol. The molecule has 0 spiro atoms. The Kier molecular flexibility index (Phi) is 5.89. The number of hydrogen-bond acceptors (Lipinski definition) is 6. The zero-order valence-corrected chi connectivity index (χ0v) is 18.0. The fourth-order valence-corrected chi connectivity index (χ4v) is 3.95. The van der Waals surface area contributed by atoms with E-state index in [9.17, 15) is 29.3 Å². The molecule has 1 aliphatic rings. The van der Waals surface area contributed by atoms with Gasteiger partial charge in [0.15, 0.2) is 6.29 Å². The van der Waals surface area contributed by atoms with Crippen LogP contribution in [0.5, 0.6) is 0 Å². The third-order valence-electron chi connectivity index (χ3n) is 4.76. The minimum absolute atomic E-state index is 0.0203. The minimum atomic E-state index is -9.80. The first kappa shape index (κ1) is 24.1. The average Bonchev–Trinajstić information content (AvgIpc) is 3.18. The van der Waals surface area contributed by atoms with E-state index >= 15 is 0 Å². The molecule has 0 saturated carbocycles. The summed E-state index contributed by atoms with van der Waals surface area (Å²) in [5, 5.41) is 12.2. The van der Waals surface area contributed by atoms with Gasteiger partial charge in [-0.15, -0.1) is 0 Å². The van der Waals surface area contributed by atoms with Crippen LogP contribution in [-0.2, 0) is 20.7 Å². The lowest BCUT2D eigenvalue weighted by atomic mass is 10.0. The van der Waals surface area contributed by atoms with Crippen LogP contribution in [0.25, 0.3) is 0 Å². The number of aromatic nitrogens is 2. The molecule has 178 valence electrons. The Hall–Kier alpha value is -2.51. The van der Waals surface area contributed by atoms with Crippen molar-refractivity contribution < 1.29 is 38.8 Å². The highest BCUT2D eigenvalue weighted by molar-refractivity contribution is 8.45. The van der Waals surface area contributed by atoms with Gasteiger partial charge in [-0.05, 0) is 30.5 Å². The first-order chi connectivity index (χ1) is 14.6. The van der Waals surface area contributed by atoms with Gasteiger partial charge in [-0.25, -0.2) is 9.97 Å². The van der Waals surface area contributed by atoms with Crippen LogP contribution in [-0.4, -0.2) is 40.8 Å². The summed E-state index contributed by atoms with van der Waals surface area (Å²) >= 11 is 0. The van der Waals surface area contributed by atoms with E-state index in [2.05, 4.69) is 15.3 Å². The number of anilines is 1. The number of aliphatic carboxylic acids is 1. The lowest BCUT2D eigenvalue weighted by Crippen LogP contribution is -2.19. The van der Waals surface area contributed by atoms with Crippen molar-refractivity contribution >= 4 is 22.0 Å². The SMILES string of the molecule is Cc1nc(CC(=O)O)c(C2OCCO2)c(NC[C@H](C)c2cccc(S(F)(F)(F)(F)F)c2)n1. The Morgan fingerprint density at radius 1 is 1.22 bits per heavy atom. The van der Waals surface area contributed by atoms with E-state index in [1.165, 1.54) is 6.07 Å². The topological polar surface area (TPSA) is 93.6 Å². The fraction of sp³-hybridized carbons (Fsp3) is 0.421. The Labute approximate surface area is 180 Å². The fourth-order valence-electron chi connectivity index (χ4n) is 3.25. The van der Waals surface area contributed by atoms with Crippen molar-refractivity contribution in [2.75, 3.05) is 25.1 Å². The molecular weight excluding hydrogens is 461 g/mol. The smallest absolute Gasteiger partial charge is 0.310 e. The largest absolute Gasteiger partial charge is 0.481 e. The van der Waals surface area contributed by atoms with Gasteiger partial charge >= 0.3 is 16.2 Å². The van der Waals surface area contributed by atoms with Crippen LogP contribution in [0, 0.1) is 6.92 Å². The number of aryl methyl sites for hydroxylation is 1. The standard InChI is InChI=1S/C19H22F5N3O4S/c1-11(13-4-3-5-14(8-13)32(20,21,22,23)24)10-25-18-17(19-30-6-7-31-19)15(9-16(28)29)26-12(2)27-18/h3-5,8,11,19H,6-7,9-10H2,1-2H3,(H,28,29)(H,25,26,27)/t11-/m0/s1. The van der Waals surface area contributed by atoms with Crippen molar-refractivity contribution in [2.24, 2.45) is 0 Å². The number of halogens is 5. The van der Waals surface area contributed by atoms with E-state index < -0.39 is 39.7 Å². The number of benzene rings is 1. The second-order valence-electron chi connectivity index (χ2n) is 7.45. The second-order valence-corrected chi connectivity index (χ2v) is 9.86. The molecule has 1 aliphatic heterocycles. The normalized spacial score (nSPS) is 18.1. The Bertz CT molecular complexity index is 1030. The van der Waals surface area contributed by atoms with Crippen molar-refractivity contribution in [3.63, 3.8) is 0 Å². The van der Waals surface area contributed by atoms with Crippen molar-refractivity contribution in [2.45, 2.75) is 37.4 Å². The highest BCUT2D eigenvalue weighted by atomic mass is 32.5. The van der Waals surface area contributed by atoms with Crippen LogP contribution in [0.2, 0.25) is 0 Å². The number of nitrogens with zero attached hydrogens (tertiary/aromatic N) is 2. The molecule has 1 aromatic heterocycles. The summed E-state index contributed by atoms with van der Waals surface area (Å²) in [6, 6.07) is 3.05. The first-order valence-corrected chi connectivity index (χ1v) is 11.5. The van der Waals surface area contributed by atoms with Gasteiger partial charge in [0, 0.05) is 6.54 Å². The van der Waals surface area contributed by atoms with Crippen LogP contribution in [0.15, 0.2) is 29.2 Å². The van der Waals surface area contributed by atoms with Gasteiger partial charge in [0.2, 0.25) is 0 Å². The molecule has 1 fully saturated rings. The quantitative estimate of drug-likeness (QED) is 0.490. The van der Waals surface area contributed by atoms with Crippen LogP contribution in [0.4, 0.5) is 25.2 Å². The molecule has 3 rings (SSSR count). The van der Waals surface area contributed by atoms with E-state index in [0.29, 0.717) is 12.1 Å². The Balaban J connectivity index is 1.88. The molecule has 32 heavy (non-hydrogen) atoms. The van der Waals surface area contributed by atoms with Crippen molar-refractivity contribution in [1.29, 1.82) is 0 Å². The number of carboxylic acids is 1. The predicted molar refractivity (Wildman–Crippen MR) is 107 cm³/mol.